The molecular formula is C14H20ClNO2. The monoisotopic (exact) mass is 269 g/mol. The summed E-state index contributed by atoms with van der Waals surface area (Å²) < 4.78 is 5.07. The first-order valence-electron chi connectivity index (χ1n) is 6.07. The van der Waals surface area contributed by atoms with Crippen molar-refractivity contribution in [3.8, 4) is 5.75 Å². The standard InChI is InChI=1S/C14H20ClNO2/c1-10(15)8-11(2)16-14(17)9-12-4-6-13(18-3)7-5-12/h4-7,10-11H,8-9H2,1-3H3,(H,16,17). The molecule has 0 saturated carbocycles. The van der Waals surface area contributed by atoms with E-state index in [-0.39, 0.29) is 17.3 Å². The number of alkyl halides is 1. The number of carbonyl (C=O) groups excluding carboxylic acids is 1. The van der Waals surface area contributed by atoms with E-state index in [4.69, 9.17) is 16.3 Å². The number of hydrogen-bond donors (Lipinski definition) is 1. The van der Waals surface area contributed by atoms with E-state index in [0.29, 0.717) is 6.42 Å². The van der Waals surface area contributed by atoms with Gasteiger partial charge < -0.3 is 10.1 Å². The largest absolute Gasteiger partial charge is 0.497 e. The zero-order chi connectivity index (χ0) is 13.5. The van der Waals surface area contributed by atoms with Gasteiger partial charge in [-0.3, -0.25) is 4.79 Å². The number of rotatable bonds is 6. The Kier molecular flexibility index (Phi) is 5.99. The van der Waals surface area contributed by atoms with Gasteiger partial charge in [-0.1, -0.05) is 12.1 Å². The van der Waals surface area contributed by atoms with Crippen LogP contribution in [0.3, 0.4) is 0 Å². The Morgan fingerprint density at radius 1 is 1.33 bits per heavy atom. The average Bonchev–Trinajstić information content (AvgIpc) is 2.28. The van der Waals surface area contributed by atoms with Crippen molar-refractivity contribution in [2.45, 2.75) is 38.1 Å². The number of hydrogen-bond acceptors (Lipinski definition) is 2. The van der Waals surface area contributed by atoms with Crippen LogP contribution in [0.2, 0.25) is 0 Å². The zero-order valence-corrected chi connectivity index (χ0v) is 11.8. The first kappa shape index (κ1) is 14.8. The summed E-state index contributed by atoms with van der Waals surface area (Å²) in [7, 11) is 1.62. The van der Waals surface area contributed by atoms with E-state index in [2.05, 4.69) is 5.32 Å². The van der Waals surface area contributed by atoms with Crippen molar-refractivity contribution in [2.24, 2.45) is 0 Å². The molecular weight excluding hydrogens is 250 g/mol. The van der Waals surface area contributed by atoms with Crippen LogP contribution in [-0.2, 0) is 11.2 Å². The summed E-state index contributed by atoms with van der Waals surface area (Å²) in [6.45, 7) is 3.89. The Labute approximate surface area is 113 Å². The van der Waals surface area contributed by atoms with Crippen molar-refractivity contribution in [2.75, 3.05) is 7.11 Å². The summed E-state index contributed by atoms with van der Waals surface area (Å²) in [4.78, 5) is 11.8. The maximum Gasteiger partial charge on any atom is 0.224 e. The molecule has 1 aromatic carbocycles. The van der Waals surface area contributed by atoms with Crippen LogP contribution in [0.15, 0.2) is 24.3 Å². The normalized spacial score (nSPS) is 13.8. The molecule has 0 aliphatic carbocycles. The fourth-order valence-electron chi connectivity index (χ4n) is 1.80. The molecule has 1 amide bonds. The third kappa shape index (κ3) is 5.41. The van der Waals surface area contributed by atoms with Gasteiger partial charge in [-0.05, 0) is 38.0 Å². The number of halogens is 1. The maximum absolute atomic E-state index is 11.8. The van der Waals surface area contributed by atoms with Gasteiger partial charge in [-0.2, -0.15) is 0 Å². The van der Waals surface area contributed by atoms with Gasteiger partial charge in [0.15, 0.2) is 0 Å². The van der Waals surface area contributed by atoms with Gasteiger partial charge in [0.2, 0.25) is 5.91 Å². The maximum atomic E-state index is 11.8. The molecule has 0 fully saturated rings. The Hall–Kier alpha value is -1.22. The Balaban J connectivity index is 2.43. The number of methoxy groups -OCH3 is 1. The van der Waals surface area contributed by atoms with E-state index in [9.17, 15) is 4.79 Å². The number of carbonyl (C=O) groups is 1. The molecule has 0 aliphatic heterocycles. The molecule has 18 heavy (non-hydrogen) atoms. The first-order valence-corrected chi connectivity index (χ1v) is 6.51. The molecule has 0 spiro atoms. The minimum Gasteiger partial charge on any atom is -0.497 e. The van der Waals surface area contributed by atoms with Gasteiger partial charge in [0.25, 0.3) is 0 Å². The molecule has 1 aromatic rings. The number of benzene rings is 1. The SMILES string of the molecule is COc1ccc(CC(=O)NC(C)CC(C)Cl)cc1. The minimum atomic E-state index is 0.0185. The summed E-state index contributed by atoms with van der Waals surface area (Å²) in [5.41, 5.74) is 0.972. The summed E-state index contributed by atoms with van der Waals surface area (Å²) in [6, 6.07) is 7.60. The summed E-state index contributed by atoms with van der Waals surface area (Å²) in [5, 5.41) is 3.00. The summed E-state index contributed by atoms with van der Waals surface area (Å²) >= 11 is 5.88. The Morgan fingerprint density at radius 2 is 1.94 bits per heavy atom. The Bertz CT molecular complexity index is 376. The quantitative estimate of drug-likeness (QED) is 0.807. The van der Waals surface area contributed by atoms with Crippen LogP contribution < -0.4 is 10.1 Å². The van der Waals surface area contributed by atoms with Gasteiger partial charge in [0, 0.05) is 11.4 Å². The summed E-state index contributed by atoms with van der Waals surface area (Å²) in [5.74, 6) is 0.813. The number of nitrogens with one attached hydrogen (secondary N) is 1. The topological polar surface area (TPSA) is 38.3 Å². The van der Waals surface area contributed by atoms with Crippen molar-refractivity contribution in [1.82, 2.24) is 5.32 Å². The third-order valence-electron chi connectivity index (χ3n) is 2.61. The molecule has 0 aliphatic rings. The fraction of sp³-hybridized carbons (Fsp3) is 0.500. The van der Waals surface area contributed by atoms with Crippen LogP contribution in [0.1, 0.15) is 25.8 Å². The highest BCUT2D eigenvalue weighted by atomic mass is 35.5. The molecule has 4 heteroatoms. The van der Waals surface area contributed by atoms with E-state index >= 15 is 0 Å². The van der Waals surface area contributed by atoms with E-state index in [0.717, 1.165) is 17.7 Å². The highest BCUT2D eigenvalue weighted by Gasteiger charge is 2.10. The molecule has 0 bridgehead atoms. The van der Waals surface area contributed by atoms with Gasteiger partial charge in [0.05, 0.1) is 13.5 Å². The predicted octanol–water partition coefficient (Wildman–Crippen LogP) is 2.76. The van der Waals surface area contributed by atoms with Crippen molar-refractivity contribution in [1.29, 1.82) is 0 Å². The predicted molar refractivity (Wildman–Crippen MR) is 74.2 cm³/mol. The van der Waals surface area contributed by atoms with Crippen LogP contribution in [0.5, 0.6) is 5.75 Å². The molecule has 0 radical (unpaired) electrons. The van der Waals surface area contributed by atoms with Crippen molar-refractivity contribution < 1.29 is 9.53 Å². The van der Waals surface area contributed by atoms with Gasteiger partial charge >= 0.3 is 0 Å². The van der Waals surface area contributed by atoms with Crippen molar-refractivity contribution in [3.63, 3.8) is 0 Å². The zero-order valence-electron chi connectivity index (χ0n) is 11.1. The molecule has 1 N–H and O–H groups in total. The molecule has 2 atom stereocenters. The van der Waals surface area contributed by atoms with Crippen molar-refractivity contribution >= 4 is 17.5 Å². The molecule has 100 valence electrons. The number of ether oxygens (including phenoxy) is 1. The average molecular weight is 270 g/mol. The lowest BCUT2D eigenvalue weighted by molar-refractivity contribution is -0.121. The fourth-order valence-corrected chi connectivity index (χ4v) is 2.07. The van der Waals surface area contributed by atoms with Gasteiger partial charge in [-0.15, -0.1) is 11.6 Å². The lowest BCUT2D eigenvalue weighted by Gasteiger charge is -2.15. The molecule has 3 nitrogen and oxygen atoms in total. The van der Waals surface area contributed by atoms with Crippen LogP contribution in [0.25, 0.3) is 0 Å². The second-order valence-corrected chi connectivity index (χ2v) is 5.25. The third-order valence-corrected chi connectivity index (χ3v) is 2.79. The highest BCUT2D eigenvalue weighted by Crippen LogP contribution is 2.12. The smallest absolute Gasteiger partial charge is 0.224 e. The van der Waals surface area contributed by atoms with Gasteiger partial charge in [0.1, 0.15) is 5.75 Å². The summed E-state index contributed by atoms with van der Waals surface area (Å²) in [6.07, 6.45) is 1.15. The molecule has 2 unspecified atom stereocenters. The lowest BCUT2D eigenvalue weighted by Crippen LogP contribution is -2.34. The molecule has 0 saturated heterocycles. The highest BCUT2D eigenvalue weighted by molar-refractivity contribution is 6.20. The molecule has 1 rings (SSSR count). The Morgan fingerprint density at radius 3 is 2.44 bits per heavy atom. The lowest BCUT2D eigenvalue weighted by atomic mass is 10.1. The van der Waals surface area contributed by atoms with E-state index < -0.39 is 0 Å². The van der Waals surface area contributed by atoms with Crippen LogP contribution in [-0.4, -0.2) is 24.4 Å². The van der Waals surface area contributed by atoms with E-state index in [1.165, 1.54) is 0 Å². The van der Waals surface area contributed by atoms with Gasteiger partial charge in [-0.25, -0.2) is 0 Å². The molecule has 0 heterocycles. The second-order valence-electron chi connectivity index (χ2n) is 4.51. The van der Waals surface area contributed by atoms with Crippen LogP contribution in [0, 0.1) is 0 Å². The van der Waals surface area contributed by atoms with Crippen LogP contribution in [0.4, 0.5) is 0 Å². The van der Waals surface area contributed by atoms with Crippen LogP contribution >= 0.6 is 11.6 Å². The molecule has 0 aromatic heterocycles. The van der Waals surface area contributed by atoms with E-state index in [1.807, 2.05) is 38.1 Å². The second kappa shape index (κ2) is 7.27. The minimum absolute atomic E-state index is 0.0185. The van der Waals surface area contributed by atoms with Crippen molar-refractivity contribution in [3.05, 3.63) is 29.8 Å². The van der Waals surface area contributed by atoms with E-state index in [1.54, 1.807) is 7.11 Å². The number of amides is 1. The first-order chi connectivity index (χ1) is 8.51.